The summed E-state index contributed by atoms with van der Waals surface area (Å²) in [4.78, 5) is 11.8. The molecule has 7 heteroatoms. The minimum atomic E-state index is 0. The number of hydrogen-bond donors (Lipinski definition) is 2. The van der Waals surface area contributed by atoms with Gasteiger partial charge >= 0.3 is 0 Å². The minimum absolute atomic E-state index is 0. The highest BCUT2D eigenvalue weighted by Gasteiger charge is 2.20. The summed E-state index contributed by atoms with van der Waals surface area (Å²) in [6, 6.07) is 0. The molecule has 3 N–H and O–H groups in total. The Morgan fingerprint density at radius 2 is 2.21 bits per heavy atom. The van der Waals surface area contributed by atoms with Crippen LogP contribution in [0.4, 0.5) is 5.82 Å². The van der Waals surface area contributed by atoms with Crippen LogP contribution >= 0.6 is 24.2 Å². The maximum atomic E-state index is 8.99. The number of nitrogen functional groups attached to an aromatic ring is 1. The van der Waals surface area contributed by atoms with E-state index < -0.39 is 0 Å². The quantitative estimate of drug-likeness (QED) is 0.885. The lowest BCUT2D eigenvalue weighted by Crippen LogP contribution is -2.18. The predicted octanol–water partition coefficient (Wildman–Crippen LogP) is 1.91. The summed E-state index contributed by atoms with van der Waals surface area (Å²) in [5.41, 5.74) is 8.06. The Balaban J connectivity index is 0.00000180. The molecule has 0 fully saturated rings. The van der Waals surface area contributed by atoms with Crippen molar-refractivity contribution in [2.75, 3.05) is 18.2 Å². The molecule has 0 aliphatic carbocycles. The molecule has 0 amide bonds. The number of halogens is 1. The van der Waals surface area contributed by atoms with Gasteiger partial charge in [-0.1, -0.05) is 0 Å². The van der Waals surface area contributed by atoms with Crippen LogP contribution in [-0.2, 0) is 6.54 Å². The number of hydrogen-bond acceptors (Lipinski definition) is 6. The van der Waals surface area contributed by atoms with E-state index in [4.69, 9.17) is 10.8 Å². The molecular formula is C12H19ClN4OS. The SMILES string of the molecule is CC1=C(CCO)SCN1Cc1cnc(C)nc1N.Cl. The predicted molar refractivity (Wildman–Crippen MR) is 80.8 cm³/mol. The smallest absolute Gasteiger partial charge is 0.132 e. The highest BCUT2D eigenvalue weighted by atomic mass is 35.5. The minimum Gasteiger partial charge on any atom is -0.396 e. The first-order valence-corrected chi connectivity index (χ1v) is 6.86. The highest BCUT2D eigenvalue weighted by molar-refractivity contribution is 8.03. The molecule has 0 saturated heterocycles. The van der Waals surface area contributed by atoms with Crippen molar-refractivity contribution in [2.24, 2.45) is 0 Å². The van der Waals surface area contributed by atoms with Crippen LogP contribution < -0.4 is 5.73 Å². The zero-order chi connectivity index (χ0) is 13.1. The maximum Gasteiger partial charge on any atom is 0.132 e. The lowest BCUT2D eigenvalue weighted by molar-refractivity contribution is 0.300. The molecule has 106 valence electrons. The molecule has 19 heavy (non-hydrogen) atoms. The number of aliphatic hydroxyl groups excluding tert-OH is 1. The zero-order valence-electron chi connectivity index (χ0n) is 11.1. The Morgan fingerprint density at radius 3 is 2.84 bits per heavy atom. The van der Waals surface area contributed by atoms with Gasteiger partial charge in [0.15, 0.2) is 0 Å². The second kappa shape index (κ2) is 6.98. The van der Waals surface area contributed by atoms with Gasteiger partial charge in [-0.2, -0.15) is 0 Å². The molecular weight excluding hydrogens is 284 g/mol. The summed E-state index contributed by atoms with van der Waals surface area (Å²) in [6.07, 6.45) is 2.52. The lowest BCUT2D eigenvalue weighted by atomic mass is 10.2. The van der Waals surface area contributed by atoms with Crippen LogP contribution in [0.3, 0.4) is 0 Å². The van der Waals surface area contributed by atoms with Crippen LogP contribution in [0.2, 0.25) is 0 Å². The number of aryl methyl sites for hydroxylation is 1. The first-order chi connectivity index (χ1) is 8.61. The van der Waals surface area contributed by atoms with E-state index in [0.29, 0.717) is 11.6 Å². The second-order valence-corrected chi connectivity index (χ2v) is 5.32. The summed E-state index contributed by atoms with van der Waals surface area (Å²) >= 11 is 1.78. The van der Waals surface area contributed by atoms with Crippen molar-refractivity contribution in [1.82, 2.24) is 14.9 Å². The summed E-state index contributed by atoms with van der Waals surface area (Å²) in [5, 5.41) is 8.99. The van der Waals surface area contributed by atoms with Gasteiger partial charge in [0.25, 0.3) is 0 Å². The second-order valence-electron chi connectivity index (χ2n) is 4.28. The number of allylic oxidation sites excluding steroid dienone is 1. The van der Waals surface area contributed by atoms with E-state index in [1.165, 1.54) is 10.6 Å². The molecule has 0 radical (unpaired) electrons. The fraction of sp³-hybridized carbons (Fsp3) is 0.500. The van der Waals surface area contributed by atoms with Crippen LogP contribution in [0.1, 0.15) is 24.7 Å². The van der Waals surface area contributed by atoms with Crippen LogP contribution in [0.25, 0.3) is 0 Å². The normalized spacial score (nSPS) is 14.8. The van der Waals surface area contributed by atoms with E-state index in [2.05, 4.69) is 21.8 Å². The monoisotopic (exact) mass is 302 g/mol. The summed E-state index contributed by atoms with van der Waals surface area (Å²) < 4.78 is 0. The first-order valence-electron chi connectivity index (χ1n) is 5.88. The fourth-order valence-electron chi connectivity index (χ4n) is 1.89. The molecule has 0 unspecified atom stereocenters. The zero-order valence-corrected chi connectivity index (χ0v) is 12.7. The van der Waals surface area contributed by atoms with Crippen LogP contribution in [0, 0.1) is 6.92 Å². The summed E-state index contributed by atoms with van der Waals surface area (Å²) in [7, 11) is 0. The van der Waals surface area contributed by atoms with E-state index in [0.717, 1.165) is 24.4 Å². The highest BCUT2D eigenvalue weighted by Crippen LogP contribution is 2.34. The molecule has 1 aliphatic heterocycles. The number of anilines is 1. The molecule has 0 bridgehead atoms. The topological polar surface area (TPSA) is 75.3 Å². The average Bonchev–Trinajstić information content (AvgIpc) is 2.66. The number of rotatable bonds is 4. The van der Waals surface area contributed by atoms with E-state index >= 15 is 0 Å². The van der Waals surface area contributed by atoms with Crippen LogP contribution in [-0.4, -0.2) is 32.5 Å². The average molecular weight is 303 g/mol. The van der Waals surface area contributed by atoms with Gasteiger partial charge < -0.3 is 15.7 Å². The Hall–Kier alpha value is -0.980. The number of aliphatic hydroxyl groups is 1. The lowest BCUT2D eigenvalue weighted by Gasteiger charge is -2.19. The van der Waals surface area contributed by atoms with Crippen molar-refractivity contribution in [3.63, 3.8) is 0 Å². The number of thioether (sulfide) groups is 1. The van der Waals surface area contributed by atoms with E-state index in [1.807, 2.05) is 6.92 Å². The van der Waals surface area contributed by atoms with Crippen molar-refractivity contribution in [2.45, 2.75) is 26.8 Å². The molecule has 1 aromatic heterocycles. The van der Waals surface area contributed by atoms with Crippen molar-refractivity contribution < 1.29 is 5.11 Å². The maximum absolute atomic E-state index is 8.99. The van der Waals surface area contributed by atoms with Gasteiger partial charge in [-0.15, -0.1) is 24.2 Å². The van der Waals surface area contributed by atoms with E-state index in [9.17, 15) is 0 Å². The van der Waals surface area contributed by atoms with Crippen molar-refractivity contribution in [3.05, 3.63) is 28.2 Å². The third-order valence-corrected chi connectivity index (χ3v) is 4.28. The fourth-order valence-corrected chi connectivity index (χ4v) is 3.06. The van der Waals surface area contributed by atoms with Gasteiger partial charge in [0.05, 0.1) is 5.88 Å². The molecule has 1 aromatic rings. The molecule has 0 saturated carbocycles. The molecule has 0 aromatic carbocycles. The summed E-state index contributed by atoms with van der Waals surface area (Å²) in [6.45, 7) is 4.83. The molecule has 0 spiro atoms. The number of nitrogens with zero attached hydrogens (tertiary/aromatic N) is 3. The molecule has 2 rings (SSSR count). The Labute approximate surface area is 123 Å². The van der Waals surface area contributed by atoms with Gasteiger partial charge in [0, 0.05) is 41.9 Å². The van der Waals surface area contributed by atoms with Gasteiger partial charge in [-0.25, -0.2) is 9.97 Å². The Kier molecular flexibility index (Phi) is 5.90. The van der Waals surface area contributed by atoms with Crippen molar-refractivity contribution in [3.8, 4) is 0 Å². The van der Waals surface area contributed by atoms with Gasteiger partial charge in [-0.05, 0) is 13.8 Å². The number of nitrogens with two attached hydrogens (primary N) is 1. The van der Waals surface area contributed by atoms with Gasteiger partial charge in [-0.3, -0.25) is 0 Å². The van der Waals surface area contributed by atoms with E-state index in [-0.39, 0.29) is 19.0 Å². The molecule has 5 nitrogen and oxygen atoms in total. The van der Waals surface area contributed by atoms with Crippen molar-refractivity contribution >= 4 is 30.0 Å². The van der Waals surface area contributed by atoms with E-state index in [1.54, 1.807) is 18.0 Å². The standard InChI is InChI=1S/C12H18N4OS.ClH/c1-8-11(3-4-17)18-7-16(8)6-10-5-14-9(2)15-12(10)13;/h5,17H,3-4,6-7H2,1-2H3,(H2,13,14,15);1H. The van der Waals surface area contributed by atoms with Crippen LogP contribution in [0.5, 0.6) is 0 Å². The molecule has 2 heterocycles. The summed E-state index contributed by atoms with van der Waals surface area (Å²) in [5.74, 6) is 2.14. The first kappa shape index (κ1) is 16.1. The molecule has 0 atom stereocenters. The number of aromatic nitrogens is 2. The third-order valence-electron chi connectivity index (χ3n) is 2.99. The Morgan fingerprint density at radius 1 is 1.47 bits per heavy atom. The third kappa shape index (κ3) is 3.75. The van der Waals surface area contributed by atoms with Crippen LogP contribution in [0.15, 0.2) is 16.8 Å². The van der Waals surface area contributed by atoms with Gasteiger partial charge in [0.2, 0.25) is 0 Å². The van der Waals surface area contributed by atoms with Gasteiger partial charge in [0.1, 0.15) is 11.6 Å². The van der Waals surface area contributed by atoms with Crippen molar-refractivity contribution in [1.29, 1.82) is 0 Å². The molecule has 1 aliphatic rings. The Bertz CT molecular complexity index is 481. The largest absolute Gasteiger partial charge is 0.396 e.